The third kappa shape index (κ3) is 5.23. The van der Waals surface area contributed by atoms with Gasteiger partial charge in [-0.25, -0.2) is 5.01 Å². The molecule has 7 nitrogen and oxygen atoms in total. The van der Waals surface area contributed by atoms with Crippen LogP contribution in [0.15, 0.2) is 59.0 Å². The van der Waals surface area contributed by atoms with Gasteiger partial charge in [0.1, 0.15) is 4.90 Å². The van der Waals surface area contributed by atoms with Crippen molar-refractivity contribution in [1.29, 1.82) is 0 Å². The van der Waals surface area contributed by atoms with Crippen LogP contribution in [0.5, 0.6) is 0 Å². The standard InChI is InChI=1S/C20H22ClN3O4S/c1-15(19-8-5-17(21)13-20(19)29(25,26)27)24(22-2)18-6-3-16(4-7-18)14-23-9-11-28-12-10-23/h3-8,13H,1-2,9-12,14H2,(H,25,26,27). The van der Waals surface area contributed by atoms with Gasteiger partial charge in [0, 0.05) is 36.9 Å². The van der Waals surface area contributed by atoms with Gasteiger partial charge in [0.25, 0.3) is 10.1 Å². The quantitative estimate of drug-likeness (QED) is 0.407. The number of hydrazone groups is 1. The van der Waals surface area contributed by atoms with Crippen molar-refractivity contribution in [2.75, 3.05) is 31.3 Å². The molecule has 154 valence electrons. The molecule has 2 aromatic rings. The highest BCUT2D eigenvalue weighted by Gasteiger charge is 2.21. The Kier molecular flexibility index (Phi) is 6.71. The number of anilines is 1. The molecule has 0 atom stereocenters. The number of hydrogen-bond donors (Lipinski definition) is 1. The summed E-state index contributed by atoms with van der Waals surface area (Å²) in [4.78, 5) is 1.97. The van der Waals surface area contributed by atoms with Crippen LogP contribution in [0, 0.1) is 0 Å². The van der Waals surface area contributed by atoms with Crippen LogP contribution in [0.1, 0.15) is 11.1 Å². The first-order valence-corrected chi connectivity index (χ1v) is 10.7. The van der Waals surface area contributed by atoms with E-state index in [1.54, 1.807) is 0 Å². The molecule has 0 aliphatic carbocycles. The summed E-state index contributed by atoms with van der Waals surface area (Å²) in [5, 5.41) is 5.57. The predicted octanol–water partition coefficient (Wildman–Crippen LogP) is 3.51. The summed E-state index contributed by atoms with van der Waals surface area (Å²) >= 11 is 5.89. The molecule has 1 heterocycles. The van der Waals surface area contributed by atoms with Crippen LogP contribution in [-0.4, -0.2) is 50.9 Å². The van der Waals surface area contributed by atoms with E-state index >= 15 is 0 Å². The van der Waals surface area contributed by atoms with Crippen LogP contribution in [-0.2, 0) is 21.4 Å². The first-order chi connectivity index (χ1) is 13.8. The topological polar surface area (TPSA) is 82.4 Å². The van der Waals surface area contributed by atoms with Gasteiger partial charge in [-0.3, -0.25) is 9.45 Å². The zero-order valence-corrected chi connectivity index (χ0v) is 17.4. The number of hydrogen-bond acceptors (Lipinski definition) is 6. The lowest BCUT2D eigenvalue weighted by molar-refractivity contribution is 0.0342. The lowest BCUT2D eigenvalue weighted by Gasteiger charge is -2.27. The molecular weight excluding hydrogens is 414 g/mol. The van der Waals surface area contributed by atoms with Crippen molar-refractivity contribution in [3.8, 4) is 0 Å². The maximum absolute atomic E-state index is 11.8. The summed E-state index contributed by atoms with van der Waals surface area (Å²) in [6.07, 6.45) is 0. The highest BCUT2D eigenvalue weighted by molar-refractivity contribution is 7.86. The molecule has 0 radical (unpaired) electrons. The maximum Gasteiger partial charge on any atom is 0.295 e. The largest absolute Gasteiger partial charge is 0.379 e. The van der Waals surface area contributed by atoms with Crippen LogP contribution >= 0.6 is 11.6 Å². The second-order valence-corrected chi connectivity index (χ2v) is 8.40. The maximum atomic E-state index is 11.8. The Balaban J connectivity index is 1.84. The fourth-order valence-corrected chi connectivity index (χ4v) is 4.12. The number of rotatable bonds is 7. The molecule has 0 saturated carbocycles. The number of nitrogens with zero attached hydrogens (tertiary/aromatic N) is 3. The third-order valence-corrected chi connectivity index (χ3v) is 5.75. The molecule has 0 unspecified atom stereocenters. The normalized spacial score (nSPS) is 15.1. The third-order valence-electron chi connectivity index (χ3n) is 4.62. The molecule has 0 amide bonds. The molecule has 2 aromatic carbocycles. The Morgan fingerprint density at radius 1 is 1.21 bits per heavy atom. The molecule has 1 fully saturated rings. The van der Waals surface area contributed by atoms with E-state index in [0.717, 1.165) is 38.4 Å². The van der Waals surface area contributed by atoms with Gasteiger partial charge in [-0.05, 0) is 35.9 Å². The highest BCUT2D eigenvalue weighted by atomic mass is 35.5. The zero-order chi connectivity index (χ0) is 21.0. The lowest BCUT2D eigenvalue weighted by Crippen LogP contribution is -2.35. The first kappa shape index (κ1) is 21.5. The minimum Gasteiger partial charge on any atom is -0.379 e. The summed E-state index contributed by atoms with van der Waals surface area (Å²) in [6.45, 7) is 11.6. The molecule has 0 spiro atoms. The molecular formula is C20H22ClN3O4S. The summed E-state index contributed by atoms with van der Waals surface area (Å²) in [6, 6.07) is 11.8. The number of morpholine rings is 1. The van der Waals surface area contributed by atoms with Crippen molar-refractivity contribution >= 4 is 39.8 Å². The lowest BCUT2D eigenvalue weighted by atomic mass is 10.1. The van der Waals surface area contributed by atoms with Crippen LogP contribution in [0.3, 0.4) is 0 Å². The average molecular weight is 436 g/mol. The predicted molar refractivity (Wildman–Crippen MR) is 115 cm³/mol. The van der Waals surface area contributed by atoms with E-state index in [-0.39, 0.29) is 21.2 Å². The van der Waals surface area contributed by atoms with Crippen molar-refractivity contribution in [2.45, 2.75) is 11.4 Å². The van der Waals surface area contributed by atoms with Crippen LogP contribution in [0.4, 0.5) is 5.69 Å². The smallest absolute Gasteiger partial charge is 0.295 e. The van der Waals surface area contributed by atoms with E-state index in [0.29, 0.717) is 5.69 Å². The van der Waals surface area contributed by atoms with Crippen molar-refractivity contribution in [3.63, 3.8) is 0 Å². The SMILES string of the molecule is C=NN(C(=C)c1ccc(Cl)cc1S(=O)(=O)O)c1ccc(CN2CCOCC2)cc1. The van der Waals surface area contributed by atoms with E-state index in [2.05, 4.69) is 23.3 Å². The van der Waals surface area contributed by atoms with E-state index < -0.39 is 10.1 Å². The minimum absolute atomic E-state index is 0.180. The van der Waals surface area contributed by atoms with E-state index in [9.17, 15) is 13.0 Å². The van der Waals surface area contributed by atoms with Gasteiger partial charge in [-0.2, -0.15) is 13.5 Å². The highest BCUT2D eigenvalue weighted by Crippen LogP contribution is 2.31. The van der Waals surface area contributed by atoms with Crippen molar-refractivity contribution in [3.05, 3.63) is 65.2 Å². The Hall–Kier alpha value is -2.23. The number of benzene rings is 2. The second kappa shape index (κ2) is 9.06. The molecule has 29 heavy (non-hydrogen) atoms. The molecule has 1 saturated heterocycles. The second-order valence-electron chi connectivity index (χ2n) is 6.57. The summed E-state index contributed by atoms with van der Waals surface area (Å²) in [5.41, 5.74) is 2.22. The molecule has 1 aliphatic rings. The van der Waals surface area contributed by atoms with E-state index in [1.807, 2.05) is 24.3 Å². The van der Waals surface area contributed by atoms with Crippen molar-refractivity contribution in [2.24, 2.45) is 5.10 Å². The summed E-state index contributed by atoms with van der Waals surface area (Å²) < 4.78 is 38.5. The van der Waals surface area contributed by atoms with Crippen LogP contribution in [0.25, 0.3) is 5.70 Å². The molecule has 0 bridgehead atoms. The minimum atomic E-state index is -4.50. The Morgan fingerprint density at radius 3 is 2.45 bits per heavy atom. The van der Waals surface area contributed by atoms with Gasteiger partial charge >= 0.3 is 0 Å². The fraction of sp³-hybridized carbons (Fsp3) is 0.250. The van der Waals surface area contributed by atoms with Gasteiger partial charge < -0.3 is 4.74 Å². The molecule has 0 aromatic heterocycles. The van der Waals surface area contributed by atoms with Gasteiger partial charge in [0.15, 0.2) is 0 Å². The summed E-state index contributed by atoms with van der Waals surface area (Å²) in [7, 11) is -4.50. The Bertz CT molecular complexity index is 1000. The van der Waals surface area contributed by atoms with E-state index in [4.69, 9.17) is 16.3 Å². The Labute approximate surface area is 175 Å². The van der Waals surface area contributed by atoms with Gasteiger partial charge in [-0.1, -0.05) is 30.3 Å². The first-order valence-electron chi connectivity index (χ1n) is 8.91. The average Bonchev–Trinajstić information content (AvgIpc) is 2.70. The molecule has 1 aliphatic heterocycles. The van der Waals surface area contributed by atoms with Crippen molar-refractivity contribution in [1.82, 2.24) is 4.90 Å². The van der Waals surface area contributed by atoms with Gasteiger partial charge in [0.05, 0.1) is 24.6 Å². The van der Waals surface area contributed by atoms with Crippen LogP contribution in [0.2, 0.25) is 5.02 Å². The van der Waals surface area contributed by atoms with Crippen molar-refractivity contribution < 1.29 is 17.7 Å². The number of ether oxygens (including phenoxy) is 1. The molecule has 9 heteroatoms. The Morgan fingerprint density at radius 2 is 1.86 bits per heavy atom. The van der Waals surface area contributed by atoms with Gasteiger partial charge in [0.2, 0.25) is 0 Å². The molecule has 1 N–H and O–H groups in total. The monoisotopic (exact) mass is 435 g/mol. The zero-order valence-electron chi connectivity index (χ0n) is 15.8. The van der Waals surface area contributed by atoms with E-state index in [1.165, 1.54) is 23.2 Å². The molecule has 3 rings (SSSR count). The fourth-order valence-electron chi connectivity index (χ4n) is 3.14. The summed E-state index contributed by atoms with van der Waals surface area (Å²) in [5.74, 6) is 0. The van der Waals surface area contributed by atoms with Crippen LogP contribution < -0.4 is 5.01 Å². The number of halogens is 1. The van der Waals surface area contributed by atoms with Gasteiger partial charge in [-0.15, -0.1) is 0 Å².